The highest BCUT2D eigenvalue weighted by Gasteiger charge is 2.34. The number of carbonyl (C=O) groups excluding carboxylic acids is 1. The molecule has 2 aliphatic rings. The third-order valence-electron chi connectivity index (χ3n) is 6.90. The molecular formula is C32H26Cl2F2N2O3S. The van der Waals surface area contributed by atoms with Gasteiger partial charge in [-0.2, -0.15) is 0 Å². The number of hydrogen-bond acceptors (Lipinski definition) is 4. The fourth-order valence-electron chi connectivity index (χ4n) is 4.95. The van der Waals surface area contributed by atoms with Crippen LogP contribution in [-0.2, 0) is 20.7 Å². The van der Waals surface area contributed by atoms with Crippen molar-refractivity contribution in [3.8, 4) is 22.3 Å². The topological polar surface area (TPSA) is 59.6 Å². The van der Waals surface area contributed by atoms with Crippen molar-refractivity contribution in [2.75, 3.05) is 10.6 Å². The highest BCUT2D eigenvalue weighted by Crippen LogP contribution is 2.40. The van der Waals surface area contributed by atoms with Crippen LogP contribution in [-0.4, -0.2) is 11.3 Å². The van der Waals surface area contributed by atoms with Crippen LogP contribution in [0, 0.1) is 11.6 Å². The highest BCUT2D eigenvalue weighted by atomic mass is 35.5. The number of rotatable bonds is 2. The lowest BCUT2D eigenvalue weighted by atomic mass is 9.91. The first-order chi connectivity index (χ1) is 19.7. The second kappa shape index (κ2) is 11.2. The lowest BCUT2D eigenvalue weighted by Crippen LogP contribution is -2.34. The maximum absolute atomic E-state index is 13.5. The summed E-state index contributed by atoms with van der Waals surface area (Å²) >= 11 is 16.9. The fraction of sp³-hybridized carbons (Fsp3) is 0.188. The average Bonchev–Trinajstić information content (AvgIpc) is 2.86. The Morgan fingerprint density at radius 2 is 1.10 bits per heavy atom. The number of fused-ring (bicyclic) bond motifs is 2. The summed E-state index contributed by atoms with van der Waals surface area (Å²) < 4.78 is 38.0. The van der Waals surface area contributed by atoms with Crippen LogP contribution in [0.5, 0.6) is 0 Å². The smallest absolute Gasteiger partial charge is 0.412 e. The number of hydrogen-bond donors (Lipinski definition) is 2. The van der Waals surface area contributed by atoms with Gasteiger partial charge in [0.25, 0.3) is 5.17 Å². The van der Waals surface area contributed by atoms with Gasteiger partial charge in [0.05, 0.1) is 5.69 Å². The van der Waals surface area contributed by atoms with Crippen LogP contribution in [0.1, 0.15) is 38.8 Å². The van der Waals surface area contributed by atoms with Crippen molar-refractivity contribution < 1.29 is 23.0 Å². The van der Waals surface area contributed by atoms with Gasteiger partial charge in [0.1, 0.15) is 22.8 Å². The Kier molecular flexibility index (Phi) is 7.91. The van der Waals surface area contributed by atoms with Crippen LogP contribution in [0.2, 0.25) is 10.0 Å². The van der Waals surface area contributed by atoms with Crippen LogP contribution in [0.15, 0.2) is 72.8 Å². The normalized spacial score (nSPS) is 15.9. The van der Waals surface area contributed by atoms with Crippen molar-refractivity contribution in [2.45, 2.75) is 38.9 Å². The van der Waals surface area contributed by atoms with Crippen molar-refractivity contribution >= 4 is 58.1 Å². The lowest BCUT2D eigenvalue weighted by molar-refractivity contribution is 0.0421. The lowest BCUT2D eigenvalue weighted by Gasteiger charge is -2.34. The number of halogens is 4. The first-order valence-corrected chi connectivity index (χ1v) is 14.1. The van der Waals surface area contributed by atoms with Gasteiger partial charge in [-0.25, -0.2) is 13.6 Å². The minimum Gasteiger partial charge on any atom is -0.460 e. The quantitative estimate of drug-likeness (QED) is 0.217. The van der Waals surface area contributed by atoms with E-state index in [0.29, 0.717) is 26.5 Å². The number of thiocarbonyl (C=S) groups is 1. The van der Waals surface area contributed by atoms with Gasteiger partial charge in [0, 0.05) is 26.9 Å². The standard InChI is InChI=1S/C16H13ClFNO2.C16H13ClFNOS/c1-16(2)13-7-9(3-4-14(13)19-15(20)21-16)10-5-11(17)8-12(18)6-10;1-16(2)13-7-9(3-4-14(13)19-15(21)20-16)10-5-11(17)8-12(18)6-10/h3-8H,1-2H3,(H,19,20);3-8H,1-2H3,(H,19,21). The molecule has 0 aliphatic carbocycles. The van der Waals surface area contributed by atoms with Gasteiger partial charge >= 0.3 is 6.09 Å². The molecular weight excluding hydrogens is 601 g/mol. The van der Waals surface area contributed by atoms with E-state index in [4.69, 9.17) is 44.9 Å². The molecule has 0 saturated carbocycles. The zero-order chi connectivity index (χ0) is 30.4. The first kappa shape index (κ1) is 29.8. The van der Waals surface area contributed by atoms with Gasteiger partial charge in [-0.3, -0.25) is 5.32 Å². The molecule has 10 heteroatoms. The van der Waals surface area contributed by atoms with Crippen LogP contribution in [0.4, 0.5) is 25.0 Å². The molecule has 42 heavy (non-hydrogen) atoms. The SMILES string of the molecule is CC1(C)OC(=O)Nc2ccc(-c3cc(F)cc(Cl)c3)cc21.CC1(C)OC(=S)Nc2ccc(-c3cc(F)cc(Cl)c3)cc21. The number of carbonyl (C=O) groups is 1. The average molecular weight is 628 g/mol. The molecule has 5 nitrogen and oxygen atoms in total. The molecule has 4 aromatic carbocycles. The summed E-state index contributed by atoms with van der Waals surface area (Å²) in [4.78, 5) is 11.5. The van der Waals surface area contributed by atoms with Crippen LogP contribution >= 0.6 is 35.4 Å². The molecule has 0 unspecified atom stereocenters. The Morgan fingerprint density at radius 1 is 0.643 bits per heavy atom. The molecule has 2 heterocycles. The van der Waals surface area contributed by atoms with Gasteiger partial charge in [-0.15, -0.1) is 0 Å². The van der Waals surface area contributed by atoms with Crippen molar-refractivity contribution in [1.29, 1.82) is 0 Å². The number of benzene rings is 4. The second-order valence-corrected chi connectivity index (χ2v) is 12.1. The monoisotopic (exact) mass is 626 g/mol. The number of amides is 1. The third-order valence-corrected chi connectivity index (χ3v) is 7.52. The van der Waals surface area contributed by atoms with E-state index >= 15 is 0 Å². The molecule has 0 saturated heterocycles. The van der Waals surface area contributed by atoms with Crippen LogP contribution in [0.3, 0.4) is 0 Å². The van der Waals surface area contributed by atoms with Gasteiger partial charge in [-0.05, 0) is 123 Å². The minimum atomic E-state index is -0.745. The Morgan fingerprint density at radius 3 is 1.57 bits per heavy atom. The molecule has 216 valence electrons. The third kappa shape index (κ3) is 6.36. The summed E-state index contributed by atoms with van der Waals surface area (Å²) in [6, 6.07) is 20.1. The van der Waals surface area contributed by atoms with Gasteiger partial charge < -0.3 is 14.8 Å². The Bertz CT molecular complexity index is 1580. The van der Waals surface area contributed by atoms with E-state index in [-0.39, 0.29) is 11.6 Å². The summed E-state index contributed by atoms with van der Waals surface area (Å²) in [7, 11) is 0. The zero-order valence-corrected chi connectivity index (χ0v) is 25.4. The Hall–Kier alpha value is -3.72. The summed E-state index contributed by atoms with van der Waals surface area (Å²) in [6.45, 7) is 7.52. The molecule has 0 fully saturated rings. The number of cyclic esters (lactones) is 1. The molecule has 0 aromatic heterocycles. The molecule has 2 N–H and O–H groups in total. The maximum Gasteiger partial charge on any atom is 0.412 e. The van der Waals surface area contributed by atoms with E-state index in [2.05, 4.69) is 10.6 Å². The van der Waals surface area contributed by atoms with Crippen molar-refractivity contribution in [3.63, 3.8) is 0 Å². The molecule has 0 spiro atoms. The van der Waals surface area contributed by atoms with Crippen molar-refractivity contribution in [2.24, 2.45) is 0 Å². The van der Waals surface area contributed by atoms with Gasteiger partial charge in [0.2, 0.25) is 0 Å². The Balaban J connectivity index is 0.000000168. The van der Waals surface area contributed by atoms with Crippen molar-refractivity contribution in [1.82, 2.24) is 0 Å². The maximum atomic E-state index is 13.5. The van der Waals surface area contributed by atoms with E-state index in [1.165, 1.54) is 24.3 Å². The minimum absolute atomic E-state index is 0.339. The van der Waals surface area contributed by atoms with Crippen molar-refractivity contribution in [3.05, 3.63) is 106 Å². The largest absolute Gasteiger partial charge is 0.460 e. The molecule has 2 aliphatic heterocycles. The van der Waals surface area contributed by atoms with E-state index in [1.807, 2.05) is 58.0 Å². The second-order valence-electron chi connectivity index (χ2n) is 10.9. The van der Waals surface area contributed by atoms with Gasteiger partial charge in [0.15, 0.2) is 0 Å². The summed E-state index contributed by atoms with van der Waals surface area (Å²) in [5, 5.41) is 6.75. The fourth-order valence-corrected chi connectivity index (χ4v) is 5.71. The van der Waals surface area contributed by atoms with E-state index in [9.17, 15) is 13.6 Å². The number of anilines is 2. The molecule has 4 aromatic rings. The summed E-state index contributed by atoms with van der Waals surface area (Å²) in [6.07, 6.45) is -0.478. The predicted molar refractivity (Wildman–Crippen MR) is 167 cm³/mol. The summed E-state index contributed by atoms with van der Waals surface area (Å²) in [5.41, 5.74) is 5.21. The van der Waals surface area contributed by atoms with Crippen LogP contribution < -0.4 is 10.6 Å². The highest BCUT2D eigenvalue weighted by molar-refractivity contribution is 7.80. The molecule has 1 amide bonds. The van der Waals surface area contributed by atoms with E-state index < -0.39 is 17.3 Å². The molecule has 0 atom stereocenters. The molecule has 6 rings (SSSR count). The number of nitrogens with one attached hydrogen (secondary N) is 2. The first-order valence-electron chi connectivity index (χ1n) is 12.9. The van der Waals surface area contributed by atoms with Gasteiger partial charge in [-0.1, -0.05) is 35.3 Å². The predicted octanol–water partition coefficient (Wildman–Crippen LogP) is 10.1. The summed E-state index contributed by atoms with van der Waals surface area (Å²) in [5.74, 6) is -0.746. The van der Waals surface area contributed by atoms with Crippen LogP contribution in [0.25, 0.3) is 22.3 Å². The zero-order valence-electron chi connectivity index (χ0n) is 23.1. The molecule has 0 radical (unpaired) electrons. The Labute approximate surface area is 257 Å². The van der Waals surface area contributed by atoms with E-state index in [0.717, 1.165) is 33.5 Å². The molecule has 0 bridgehead atoms. The van der Waals surface area contributed by atoms with E-state index in [1.54, 1.807) is 18.2 Å². The number of ether oxygens (including phenoxy) is 2.